The van der Waals surface area contributed by atoms with Crippen molar-refractivity contribution in [2.24, 2.45) is 5.92 Å². The van der Waals surface area contributed by atoms with Gasteiger partial charge in [0.2, 0.25) is 5.91 Å². The van der Waals surface area contributed by atoms with E-state index in [9.17, 15) is 9.59 Å². The molecule has 0 unspecified atom stereocenters. The second-order valence-corrected chi connectivity index (χ2v) is 7.85. The van der Waals surface area contributed by atoms with Crippen molar-refractivity contribution in [3.8, 4) is 5.75 Å². The van der Waals surface area contributed by atoms with E-state index >= 15 is 0 Å². The van der Waals surface area contributed by atoms with Gasteiger partial charge < -0.3 is 9.47 Å². The monoisotopic (exact) mass is 402 g/mol. The summed E-state index contributed by atoms with van der Waals surface area (Å²) < 4.78 is 10.8. The van der Waals surface area contributed by atoms with Crippen molar-refractivity contribution >= 4 is 34.0 Å². The number of rotatable bonds is 7. The lowest BCUT2D eigenvalue weighted by Crippen LogP contribution is -2.23. The average Bonchev–Trinajstić information content (AvgIpc) is 3.16. The molecule has 28 heavy (non-hydrogen) atoms. The molecule has 3 rings (SSSR count). The maximum Gasteiger partial charge on any atom is 0.306 e. The van der Waals surface area contributed by atoms with E-state index in [2.05, 4.69) is 4.98 Å². The van der Waals surface area contributed by atoms with Crippen LogP contribution in [0.25, 0.3) is 0 Å². The number of benzene rings is 1. The lowest BCUT2D eigenvalue weighted by Gasteiger charge is -2.20. The minimum absolute atomic E-state index is 0.125. The van der Waals surface area contributed by atoms with Gasteiger partial charge in [0.05, 0.1) is 18.5 Å². The van der Waals surface area contributed by atoms with Crippen molar-refractivity contribution in [2.75, 3.05) is 12.0 Å². The molecule has 1 aromatic heterocycles. The number of thiazole rings is 1. The predicted octanol–water partition coefficient (Wildman–Crippen LogP) is 4.85. The maximum absolute atomic E-state index is 12.3. The molecule has 1 aliphatic carbocycles. The standard InChI is InChI=1S/C21H26N2O4S/c1-15(24)23(18-10-6-7-11-19(18)26-2)21-22-17(14-28-21)13-27-20(25)12-16-8-4-3-5-9-16/h6-7,10-11,14,16H,3-5,8-9,12-13H2,1-2H3. The first-order valence-electron chi connectivity index (χ1n) is 9.62. The number of nitrogens with zero attached hydrogens (tertiary/aromatic N) is 2. The van der Waals surface area contributed by atoms with E-state index in [0.717, 1.165) is 12.8 Å². The van der Waals surface area contributed by atoms with E-state index in [1.165, 1.54) is 42.4 Å². The Kier molecular flexibility index (Phi) is 7.03. The van der Waals surface area contributed by atoms with Gasteiger partial charge in [-0.15, -0.1) is 11.3 Å². The molecule has 1 aromatic carbocycles. The number of hydrogen-bond acceptors (Lipinski definition) is 6. The van der Waals surface area contributed by atoms with Gasteiger partial charge in [-0.3, -0.25) is 14.5 Å². The SMILES string of the molecule is COc1ccccc1N(C(C)=O)c1nc(COC(=O)CC2CCCCC2)cs1. The van der Waals surface area contributed by atoms with Gasteiger partial charge in [0.1, 0.15) is 12.4 Å². The van der Waals surface area contributed by atoms with Crippen LogP contribution in [-0.4, -0.2) is 24.0 Å². The number of ether oxygens (including phenoxy) is 2. The molecule has 0 radical (unpaired) electrons. The average molecular weight is 403 g/mol. The molecule has 6 nitrogen and oxygen atoms in total. The van der Waals surface area contributed by atoms with Crippen LogP contribution >= 0.6 is 11.3 Å². The molecule has 0 atom stereocenters. The molecule has 1 aliphatic rings. The van der Waals surface area contributed by atoms with Gasteiger partial charge in [-0.1, -0.05) is 31.4 Å². The van der Waals surface area contributed by atoms with Gasteiger partial charge >= 0.3 is 5.97 Å². The number of anilines is 2. The number of amides is 1. The van der Waals surface area contributed by atoms with Crippen molar-refractivity contribution in [1.82, 2.24) is 4.98 Å². The summed E-state index contributed by atoms with van der Waals surface area (Å²) in [6.45, 7) is 1.61. The van der Waals surface area contributed by atoms with Crippen LogP contribution in [-0.2, 0) is 20.9 Å². The van der Waals surface area contributed by atoms with Gasteiger partial charge in [-0.2, -0.15) is 0 Å². The largest absolute Gasteiger partial charge is 0.495 e. The molecule has 1 heterocycles. The van der Waals surface area contributed by atoms with Crippen LogP contribution in [0.1, 0.15) is 51.1 Å². The molecular weight excluding hydrogens is 376 g/mol. The summed E-state index contributed by atoms with van der Waals surface area (Å²) >= 11 is 1.33. The molecule has 0 spiro atoms. The third-order valence-corrected chi connectivity index (χ3v) is 5.81. The molecule has 0 aliphatic heterocycles. The van der Waals surface area contributed by atoms with Crippen molar-refractivity contribution in [3.05, 3.63) is 35.3 Å². The summed E-state index contributed by atoms with van der Waals surface area (Å²) in [4.78, 5) is 30.4. The van der Waals surface area contributed by atoms with Gasteiger partial charge in [0.25, 0.3) is 0 Å². The second-order valence-electron chi connectivity index (χ2n) is 7.02. The summed E-state index contributed by atoms with van der Waals surface area (Å²) in [5.41, 5.74) is 1.27. The number of para-hydroxylation sites is 2. The number of methoxy groups -OCH3 is 1. The fourth-order valence-electron chi connectivity index (χ4n) is 3.53. The van der Waals surface area contributed by atoms with Crippen LogP contribution < -0.4 is 9.64 Å². The van der Waals surface area contributed by atoms with E-state index in [-0.39, 0.29) is 18.5 Å². The highest BCUT2D eigenvalue weighted by Crippen LogP contribution is 2.35. The highest BCUT2D eigenvalue weighted by atomic mass is 32.1. The Morgan fingerprint density at radius 2 is 1.96 bits per heavy atom. The van der Waals surface area contributed by atoms with Crippen molar-refractivity contribution in [1.29, 1.82) is 0 Å². The van der Waals surface area contributed by atoms with Crippen LogP contribution in [0.3, 0.4) is 0 Å². The minimum Gasteiger partial charge on any atom is -0.495 e. The van der Waals surface area contributed by atoms with E-state index in [1.54, 1.807) is 13.2 Å². The topological polar surface area (TPSA) is 68.7 Å². The molecule has 1 saturated carbocycles. The highest BCUT2D eigenvalue weighted by Gasteiger charge is 2.22. The third kappa shape index (κ3) is 5.10. The van der Waals surface area contributed by atoms with Crippen LogP contribution in [0, 0.1) is 5.92 Å². The molecular formula is C21H26N2O4S. The number of esters is 1. The van der Waals surface area contributed by atoms with Crippen LogP contribution in [0.2, 0.25) is 0 Å². The van der Waals surface area contributed by atoms with E-state index in [4.69, 9.17) is 9.47 Å². The number of hydrogen-bond donors (Lipinski definition) is 0. The van der Waals surface area contributed by atoms with Crippen molar-refractivity contribution in [3.63, 3.8) is 0 Å². The minimum atomic E-state index is -0.172. The Bertz CT molecular complexity index is 814. The molecule has 1 fully saturated rings. The fourth-order valence-corrected chi connectivity index (χ4v) is 4.39. The molecule has 0 bridgehead atoms. The zero-order chi connectivity index (χ0) is 19.9. The predicted molar refractivity (Wildman–Crippen MR) is 109 cm³/mol. The molecule has 1 amide bonds. The van der Waals surface area contributed by atoms with E-state index in [1.807, 2.05) is 23.6 Å². The first-order chi connectivity index (χ1) is 13.6. The summed E-state index contributed by atoms with van der Waals surface area (Å²) in [6.07, 6.45) is 6.39. The lowest BCUT2D eigenvalue weighted by atomic mass is 9.87. The smallest absolute Gasteiger partial charge is 0.306 e. The van der Waals surface area contributed by atoms with Crippen LogP contribution in [0.4, 0.5) is 10.8 Å². The molecule has 7 heteroatoms. The van der Waals surface area contributed by atoms with E-state index in [0.29, 0.717) is 34.6 Å². The zero-order valence-corrected chi connectivity index (χ0v) is 17.2. The van der Waals surface area contributed by atoms with Gasteiger partial charge in [-0.05, 0) is 30.9 Å². The summed E-state index contributed by atoms with van der Waals surface area (Å²) in [6, 6.07) is 7.30. The quantitative estimate of drug-likeness (QED) is 0.619. The van der Waals surface area contributed by atoms with E-state index < -0.39 is 0 Å². The Labute approximate surface area is 169 Å². The van der Waals surface area contributed by atoms with Crippen molar-refractivity contribution in [2.45, 2.75) is 52.1 Å². The Balaban J connectivity index is 1.64. The normalized spacial score (nSPS) is 14.5. The number of aromatic nitrogens is 1. The molecule has 150 valence electrons. The summed E-state index contributed by atoms with van der Waals surface area (Å²) in [5, 5.41) is 2.34. The van der Waals surface area contributed by atoms with Crippen LogP contribution in [0.5, 0.6) is 5.75 Å². The number of carbonyl (C=O) groups is 2. The third-order valence-electron chi connectivity index (χ3n) is 4.93. The summed E-state index contributed by atoms with van der Waals surface area (Å²) in [7, 11) is 1.57. The summed E-state index contributed by atoms with van der Waals surface area (Å²) in [5.74, 6) is 0.702. The molecule has 2 aromatic rings. The molecule has 0 N–H and O–H groups in total. The zero-order valence-electron chi connectivity index (χ0n) is 16.3. The first-order valence-corrected chi connectivity index (χ1v) is 10.5. The second kappa shape index (κ2) is 9.68. The Morgan fingerprint density at radius 3 is 2.68 bits per heavy atom. The van der Waals surface area contributed by atoms with Crippen LogP contribution in [0.15, 0.2) is 29.6 Å². The van der Waals surface area contributed by atoms with Gasteiger partial charge in [0.15, 0.2) is 5.13 Å². The number of carbonyl (C=O) groups excluding carboxylic acids is 2. The highest BCUT2D eigenvalue weighted by molar-refractivity contribution is 7.14. The molecule has 0 saturated heterocycles. The van der Waals surface area contributed by atoms with Gasteiger partial charge in [-0.25, -0.2) is 4.98 Å². The fraction of sp³-hybridized carbons (Fsp3) is 0.476. The first kappa shape index (κ1) is 20.3. The lowest BCUT2D eigenvalue weighted by molar-refractivity contribution is -0.146. The van der Waals surface area contributed by atoms with Crippen molar-refractivity contribution < 1.29 is 19.1 Å². The Morgan fingerprint density at radius 1 is 1.21 bits per heavy atom. The van der Waals surface area contributed by atoms with Gasteiger partial charge in [0, 0.05) is 18.7 Å². The Hall–Kier alpha value is -2.41. The maximum atomic E-state index is 12.3.